The average Bonchev–Trinajstić information content (AvgIpc) is 2.16. The van der Waals surface area contributed by atoms with Gasteiger partial charge in [-0.25, -0.2) is 0 Å². The summed E-state index contributed by atoms with van der Waals surface area (Å²) in [6.45, 7) is 0. The molecule has 0 saturated carbocycles. The predicted molar refractivity (Wildman–Crippen MR) is 62.6 cm³/mol. The van der Waals surface area contributed by atoms with Gasteiger partial charge in [0.1, 0.15) is 6.04 Å². The van der Waals surface area contributed by atoms with E-state index in [1.807, 2.05) is 0 Å². The smallest absolute Gasteiger partial charge is 0.407 e. The highest BCUT2D eigenvalue weighted by Gasteiger charge is 2.40. The van der Waals surface area contributed by atoms with E-state index in [1.165, 1.54) is 19.2 Å². The number of rotatable bonds is 2. The van der Waals surface area contributed by atoms with Gasteiger partial charge in [0.15, 0.2) is 11.5 Å². The predicted octanol–water partition coefficient (Wildman–Crippen LogP) is 3.15. The molecule has 0 amide bonds. The van der Waals surface area contributed by atoms with Crippen molar-refractivity contribution in [3.63, 3.8) is 0 Å². The summed E-state index contributed by atoms with van der Waals surface area (Å²) in [7, 11) is 1.24. The van der Waals surface area contributed by atoms with Crippen LogP contribution in [0, 0.1) is 0 Å². The van der Waals surface area contributed by atoms with E-state index in [4.69, 9.17) is 10.5 Å². The second kappa shape index (κ2) is 5.79. The van der Waals surface area contributed by atoms with E-state index in [2.05, 4.69) is 15.9 Å². The summed E-state index contributed by atoms with van der Waals surface area (Å²) in [6, 6.07) is 0.405. The molecule has 1 aromatic carbocycles. The van der Waals surface area contributed by atoms with Gasteiger partial charge in [0.25, 0.3) is 0 Å². The minimum absolute atomic E-state index is 0. The highest BCUT2D eigenvalue weighted by molar-refractivity contribution is 9.10. The number of phenolic OH excluding ortho intramolecular Hbond substituents is 1. The molecule has 3 nitrogen and oxygen atoms in total. The number of hydrogen-bond acceptors (Lipinski definition) is 3. The number of aromatic hydroxyl groups is 1. The molecule has 8 heteroatoms. The lowest BCUT2D eigenvalue weighted by molar-refractivity contribution is -0.149. The molecule has 0 aliphatic heterocycles. The number of benzene rings is 1. The fourth-order valence-electron chi connectivity index (χ4n) is 1.19. The Morgan fingerprint density at radius 3 is 2.35 bits per heavy atom. The highest BCUT2D eigenvalue weighted by Crippen LogP contribution is 2.43. The van der Waals surface area contributed by atoms with Crippen LogP contribution in [0.1, 0.15) is 11.6 Å². The number of alkyl halides is 3. The zero-order valence-electron chi connectivity index (χ0n) is 8.58. The number of methoxy groups -OCH3 is 1. The number of ether oxygens (including phenoxy) is 1. The molecule has 0 saturated heterocycles. The molecule has 0 unspecified atom stereocenters. The number of phenols is 1. The van der Waals surface area contributed by atoms with Crippen LogP contribution in [0.15, 0.2) is 16.6 Å². The van der Waals surface area contributed by atoms with E-state index in [0.29, 0.717) is 0 Å². The molecular weight excluding hydrogens is 326 g/mol. The first-order chi connectivity index (χ1) is 7.29. The summed E-state index contributed by atoms with van der Waals surface area (Å²) in [4.78, 5) is 0. The first kappa shape index (κ1) is 16.3. The maximum atomic E-state index is 12.4. The third-order valence-corrected chi connectivity index (χ3v) is 2.70. The van der Waals surface area contributed by atoms with Gasteiger partial charge in [-0.15, -0.1) is 12.4 Å². The molecule has 0 heterocycles. The van der Waals surface area contributed by atoms with Gasteiger partial charge >= 0.3 is 6.18 Å². The van der Waals surface area contributed by atoms with Crippen molar-refractivity contribution in [3.8, 4) is 11.5 Å². The molecule has 17 heavy (non-hydrogen) atoms. The van der Waals surface area contributed by atoms with Crippen LogP contribution in [0.4, 0.5) is 13.2 Å². The second-order valence-electron chi connectivity index (χ2n) is 3.03. The van der Waals surface area contributed by atoms with Crippen molar-refractivity contribution in [2.45, 2.75) is 12.2 Å². The maximum absolute atomic E-state index is 12.4. The molecule has 0 aromatic heterocycles. The van der Waals surface area contributed by atoms with Gasteiger partial charge in [-0.2, -0.15) is 13.2 Å². The fourth-order valence-corrected chi connectivity index (χ4v) is 1.75. The quantitative estimate of drug-likeness (QED) is 0.872. The SMILES string of the molecule is COc1ccc(Br)c([C@H](N)C(F)(F)F)c1O.Cl. The first-order valence-electron chi connectivity index (χ1n) is 4.16. The summed E-state index contributed by atoms with van der Waals surface area (Å²) >= 11 is 2.91. The Morgan fingerprint density at radius 2 is 1.94 bits per heavy atom. The van der Waals surface area contributed by atoms with E-state index in [9.17, 15) is 18.3 Å². The highest BCUT2D eigenvalue weighted by atomic mass is 79.9. The van der Waals surface area contributed by atoms with Crippen LogP contribution >= 0.6 is 28.3 Å². The Balaban J connectivity index is 0.00000256. The minimum atomic E-state index is -4.63. The van der Waals surface area contributed by atoms with Crippen LogP contribution in [-0.4, -0.2) is 18.4 Å². The Morgan fingerprint density at radius 1 is 1.41 bits per heavy atom. The molecule has 0 bridgehead atoms. The van der Waals surface area contributed by atoms with E-state index in [1.54, 1.807) is 0 Å². The molecule has 0 radical (unpaired) electrons. The third kappa shape index (κ3) is 3.40. The zero-order chi connectivity index (χ0) is 12.5. The Kier molecular flexibility index (Phi) is 5.57. The third-order valence-electron chi connectivity index (χ3n) is 2.01. The summed E-state index contributed by atoms with van der Waals surface area (Å²) in [6.07, 6.45) is -4.63. The Bertz CT molecular complexity index is 401. The van der Waals surface area contributed by atoms with Crippen LogP contribution in [-0.2, 0) is 0 Å². The van der Waals surface area contributed by atoms with E-state index >= 15 is 0 Å². The topological polar surface area (TPSA) is 55.5 Å². The van der Waals surface area contributed by atoms with Crippen molar-refractivity contribution >= 4 is 28.3 Å². The molecule has 0 fully saturated rings. The summed E-state index contributed by atoms with van der Waals surface area (Å²) in [5, 5.41) is 9.57. The second-order valence-corrected chi connectivity index (χ2v) is 3.89. The van der Waals surface area contributed by atoms with Gasteiger partial charge in [0, 0.05) is 10.0 Å². The van der Waals surface area contributed by atoms with Crippen molar-refractivity contribution in [3.05, 3.63) is 22.2 Å². The van der Waals surface area contributed by atoms with Crippen molar-refractivity contribution in [1.29, 1.82) is 0 Å². The molecule has 3 N–H and O–H groups in total. The standard InChI is InChI=1S/C9H9BrF3NO2.ClH/c1-16-5-3-2-4(10)6(7(5)15)8(14)9(11,12)13;/h2-3,8,15H,14H2,1H3;1H/t8-;/m0./s1. The molecule has 0 aliphatic carbocycles. The molecule has 1 aromatic rings. The molecule has 98 valence electrons. The molecule has 0 spiro atoms. The molecule has 1 rings (SSSR count). The van der Waals surface area contributed by atoms with Crippen LogP contribution in [0.25, 0.3) is 0 Å². The molecule has 0 aliphatic rings. The van der Waals surface area contributed by atoms with Crippen molar-refractivity contribution in [2.24, 2.45) is 5.73 Å². The van der Waals surface area contributed by atoms with Crippen molar-refractivity contribution < 1.29 is 23.0 Å². The Hall–Kier alpha value is -0.660. The van der Waals surface area contributed by atoms with Gasteiger partial charge in [0.05, 0.1) is 7.11 Å². The Labute approximate surface area is 110 Å². The van der Waals surface area contributed by atoms with Gasteiger partial charge in [-0.3, -0.25) is 0 Å². The number of hydrogen-bond donors (Lipinski definition) is 2. The number of nitrogens with two attached hydrogens (primary N) is 1. The van der Waals surface area contributed by atoms with Crippen LogP contribution < -0.4 is 10.5 Å². The van der Waals surface area contributed by atoms with Gasteiger partial charge < -0.3 is 15.6 Å². The number of halogens is 5. The van der Waals surface area contributed by atoms with Crippen LogP contribution in [0.2, 0.25) is 0 Å². The lowest BCUT2D eigenvalue weighted by Gasteiger charge is -2.19. The van der Waals surface area contributed by atoms with Crippen LogP contribution in [0.5, 0.6) is 11.5 Å². The summed E-state index contributed by atoms with van der Waals surface area (Å²) < 4.78 is 42.1. The van der Waals surface area contributed by atoms with Crippen molar-refractivity contribution in [2.75, 3.05) is 7.11 Å². The summed E-state index contributed by atoms with van der Waals surface area (Å²) in [5.74, 6) is -0.667. The monoisotopic (exact) mass is 335 g/mol. The zero-order valence-corrected chi connectivity index (χ0v) is 11.0. The van der Waals surface area contributed by atoms with Crippen LogP contribution in [0.3, 0.4) is 0 Å². The first-order valence-corrected chi connectivity index (χ1v) is 4.96. The van der Waals surface area contributed by atoms with Crippen molar-refractivity contribution in [1.82, 2.24) is 0 Å². The largest absolute Gasteiger partial charge is 0.504 e. The van der Waals surface area contributed by atoms with E-state index < -0.39 is 23.5 Å². The van der Waals surface area contributed by atoms with E-state index in [0.717, 1.165) is 0 Å². The lowest BCUT2D eigenvalue weighted by atomic mass is 10.1. The van der Waals surface area contributed by atoms with Gasteiger partial charge in [-0.05, 0) is 12.1 Å². The minimum Gasteiger partial charge on any atom is -0.504 e. The summed E-state index contributed by atoms with van der Waals surface area (Å²) in [5.41, 5.74) is 4.59. The molecule has 1 atom stereocenters. The van der Waals surface area contributed by atoms with Gasteiger partial charge in [-0.1, -0.05) is 15.9 Å². The fraction of sp³-hybridized carbons (Fsp3) is 0.333. The lowest BCUT2D eigenvalue weighted by Crippen LogP contribution is -2.28. The normalized spacial score (nSPS) is 12.8. The van der Waals surface area contributed by atoms with E-state index in [-0.39, 0.29) is 22.6 Å². The van der Waals surface area contributed by atoms with Gasteiger partial charge in [0.2, 0.25) is 0 Å². The molecular formula is C9H10BrClF3NO2. The average molecular weight is 337 g/mol. The maximum Gasteiger partial charge on any atom is 0.407 e.